The van der Waals surface area contributed by atoms with Crippen molar-refractivity contribution in [2.24, 2.45) is 0 Å². The molecule has 1 aliphatic carbocycles. The molecular weight excluding hydrogens is 208 g/mol. The molecule has 1 aromatic rings. The molecule has 1 heterocycles. The standard InChI is InChI=1S/C10H18N4S/c1-8-12-13-9(15-8)11-7-10(14(2)3)5-4-6-10/h4-7H2,1-3H3,(H,11,13). The quantitative estimate of drug-likeness (QED) is 0.849. The molecule has 1 saturated carbocycles. The van der Waals surface area contributed by atoms with Gasteiger partial charge in [-0.2, -0.15) is 0 Å². The highest BCUT2D eigenvalue weighted by atomic mass is 32.1. The summed E-state index contributed by atoms with van der Waals surface area (Å²) < 4.78 is 0. The number of hydrogen-bond acceptors (Lipinski definition) is 5. The van der Waals surface area contributed by atoms with Gasteiger partial charge in [-0.3, -0.25) is 0 Å². The van der Waals surface area contributed by atoms with Crippen LogP contribution in [0.5, 0.6) is 0 Å². The highest BCUT2D eigenvalue weighted by molar-refractivity contribution is 7.15. The minimum atomic E-state index is 0.347. The predicted octanol–water partition coefficient (Wildman–Crippen LogP) is 1.74. The lowest BCUT2D eigenvalue weighted by atomic mass is 9.75. The summed E-state index contributed by atoms with van der Waals surface area (Å²) in [7, 11) is 4.32. The van der Waals surface area contributed by atoms with Gasteiger partial charge < -0.3 is 10.2 Å². The molecule has 0 spiro atoms. The Balaban J connectivity index is 1.92. The Labute approximate surface area is 94.7 Å². The molecule has 0 amide bonds. The predicted molar refractivity (Wildman–Crippen MR) is 63.4 cm³/mol. The van der Waals surface area contributed by atoms with Gasteiger partial charge in [0, 0.05) is 12.1 Å². The molecular formula is C10H18N4S. The number of nitrogens with one attached hydrogen (secondary N) is 1. The van der Waals surface area contributed by atoms with E-state index in [2.05, 4.69) is 34.5 Å². The molecule has 1 aromatic heterocycles. The van der Waals surface area contributed by atoms with Gasteiger partial charge in [0.15, 0.2) is 0 Å². The summed E-state index contributed by atoms with van der Waals surface area (Å²) in [6, 6.07) is 0. The van der Waals surface area contributed by atoms with Crippen LogP contribution in [0.3, 0.4) is 0 Å². The Kier molecular flexibility index (Phi) is 2.93. The van der Waals surface area contributed by atoms with E-state index in [0.29, 0.717) is 5.54 Å². The van der Waals surface area contributed by atoms with E-state index in [1.807, 2.05) is 6.92 Å². The Bertz CT molecular complexity index is 330. The third-order valence-corrected chi connectivity index (χ3v) is 4.12. The van der Waals surface area contributed by atoms with Crippen LogP contribution in [0, 0.1) is 6.92 Å². The van der Waals surface area contributed by atoms with Gasteiger partial charge >= 0.3 is 0 Å². The first-order valence-corrected chi connectivity index (χ1v) is 6.15. The maximum Gasteiger partial charge on any atom is 0.205 e. The van der Waals surface area contributed by atoms with Crippen LogP contribution in [-0.4, -0.2) is 41.3 Å². The molecule has 1 N–H and O–H groups in total. The zero-order valence-electron chi connectivity index (χ0n) is 9.58. The Morgan fingerprint density at radius 2 is 2.13 bits per heavy atom. The summed E-state index contributed by atoms with van der Waals surface area (Å²) in [5.74, 6) is 0. The van der Waals surface area contributed by atoms with E-state index in [4.69, 9.17) is 0 Å². The summed E-state index contributed by atoms with van der Waals surface area (Å²) in [6.07, 6.45) is 3.91. The number of rotatable bonds is 4. The van der Waals surface area contributed by atoms with Crippen molar-refractivity contribution in [3.05, 3.63) is 5.01 Å². The maximum absolute atomic E-state index is 4.08. The van der Waals surface area contributed by atoms with Crippen LogP contribution in [0.15, 0.2) is 0 Å². The van der Waals surface area contributed by atoms with E-state index >= 15 is 0 Å². The molecule has 0 atom stereocenters. The van der Waals surface area contributed by atoms with E-state index in [-0.39, 0.29) is 0 Å². The van der Waals surface area contributed by atoms with Gasteiger partial charge in [0.2, 0.25) is 5.13 Å². The molecule has 1 fully saturated rings. The largest absolute Gasteiger partial charge is 0.358 e. The summed E-state index contributed by atoms with van der Waals surface area (Å²) >= 11 is 1.62. The van der Waals surface area contributed by atoms with Crippen molar-refractivity contribution in [2.45, 2.75) is 31.7 Å². The second-order valence-corrected chi connectivity index (χ2v) is 5.63. The molecule has 84 valence electrons. The van der Waals surface area contributed by atoms with Crippen molar-refractivity contribution >= 4 is 16.5 Å². The molecule has 0 saturated heterocycles. The van der Waals surface area contributed by atoms with Crippen LogP contribution in [0.25, 0.3) is 0 Å². The number of anilines is 1. The van der Waals surface area contributed by atoms with Crippen LogP contribution in [0.1, 0.15) is 24.3 Å². The van der Waals surface area contributed by atoms with Crippen molar-refractivity contribution in [2.75, 3.05) is 26.0 Å². The molecule has 0 bridgehead atoms. The zero-order valence-corrected chi connectivity index (χ0v) is 10.4. The Morgan fingerprint density at radius 1 is 1.40 bits per heavy atom. The normalized spacial score (nSPS) is 18.9. The van der Waals surface area contributed by atoms with E-state index in [1.54, 1.807) is 11.3 Å². The van der Waals surface area contributed by atoms with E-state index in [9.17, 15) is 0 Å². The van der Waals surface area contributed by atoms with Gasteiger partial charge in [0.25, 0.3) is 0 Å². The van der Waals surface area contributed by atoms with E-state index in [1.165, 1.54) is 19.3 Å². The molecule has 2 rings (SSSR count). The number of aryl methyl sites for hydroxylation is 1. The van der Waals surface area contributed by atoms with Crippen molar-refractivity contribution < 1.29 is 0 Å². The van der Waals surface area contributed by atoms with Crippen LogP contribution < -0.4 is 5.32 Å². The fourth-order valence-electron chi connectivity index (χ4n) is 1.98. The molecule has 5 heteroatoms. The lowest BCUT2D eigenvalue weighted by Crippen LogP contribution is -2.54. The van der Waals surface area contributed by atoms with Gasteiger partial charge in [-0.25, -0.2) is 0 Å². The summed E-state index contributed by atoms with van der Waals surface area (Å²) in [6.45, 7) is 2.96. The first kappa shape index (κ1) is 10.8. The average molecular weight is 226 g/mol. The summed E-state index contributed by atoms with van der Waals surface area (Å²) in [5, 5.41) is 13.4. The summed E-state index contributed by atoms with van der Waals surface area (Å²) in [4.78, 5) is 2.33. The van der Waals surface area contributed by atoms with Crippen LogP contribution >= 0.6 is 11.3 Å². The van der Waals surface area contributed by atoms with Crippen molar-refractivity contribution in [3.8, 4) is 0 Å². The average Bonchev–Trinajstić information content (AvgIpc) is 2.49. The van der Waals surface area contributed by atoms with E-state index in [0.717, 1.165) is 16.7 Å². The topological polar surface area (TPSA) is 41.1 Å². The third-order valence-electron chi connectivity index (χ3n) is 3.33. The van der Waals surface area contributed by atoms with Crippen molar-refractivity contribution in [1.82, 2.24) is 15.1 Å². The Morgan fingerprint density at radius 3 is 2.53 bits per heavy atom. The number of hydrogen-bond donors (Lipinski definition) is 1. The van der Waals surface area contributed by atoms with Gasteiger partial charge in [0.1, 0.15) is 5.01 Å². The molecule has 15 heavy (non-hydrogen) atoms. The fraction of sp³-hybridized carbons (Fsp3) is 0.800. The minimum absolute atomic E-state index is 0.347. The van der Waals surface area contributed by atoms with Gasteiger partial charge in [-0.05, 0) is 40.3 Å². The first-order chi connectivity index (χ1) is 7.12. The van der Waals surface area contributed by atoms with Gasteiger partial charge in [-0.15, -0.1) is 10.2 Å². The molecule has 4 nitrogen and oxygen atoms in total. The fourth-order valence-corrected chi connectivity index (χ4v) is 2.56. The van der Waals surface area contributed by atoms with Gasteiger partial charge in [-0.1, -0.05) is 11.3 Å². The third kappa shape index (κ3) is 2.13. The molecule has 1 aliphatic rings. The van der Waals surface area contributed by atoms with Crippen molar-refractivity contribution in [3.63, 3.8) is 0 Å². The van der Waals surface area contributed by atoms with Crippen LogP contribution in [0.4, 0.5) is 5.13 Å². The van der Waals surface area contributed by atoms with Crippen LogP contribution in [-0.2, 0) is 0 Å². The highest BCUT2D eigenvalue weighted by Crippen LogP contribution is 2.36. The number of aromatic nitrogens is 2. The Hall–Kier alpha value is -0.680. The van der Waals surface area contributed by atoms with Crippen LogP contribution in [0.2, 0.25) is 0 Å². The second-order valence-electron chi connectivity index (χ2n) is 4.45. The zero-order chi connectivity index (χ0) is 10.9. The monoisotopic (exact) mass is 226 g/mol. The molecule has 0 unspecified atom stereocenters. The lowest BCUT2D eigenvalue weighted by molar-refractivity contribution is 0.0739. The molecule has 0 aliphatic heterocycles. The maximum atomic E-state index is 4.08. The first-order valence-electron chi connectivity index (χ1n) is 5.34. The van der Waals surface area contributed by atoms with Crippen molar-refractivity contribution in [1.29, 1.82) is 0 Å². The van der Waals surface area contributed by atoms with Gasteiger partial charge in [0.05, 0.1) is 0 Å². The second kappa shape index (κ2) is 4.06. The smallest absolute Gasteiger partial charge is 0.205 e. The highest BCUT2D eigenvalue weighted by Gasteiger charge is 2.38. The lowest BCUT2D eigenvalue weighted by Gasteiger charge is -2.47. The minimum Gasteiger partial charge on any atom is -0.358 e. The number of likely N-dealkylation sites (N-methyl/N-ethyl adjacent to an activating group) is 1. The molecule has 0 aromatic carbocycles. The van der Waals surface area contributed by atoms with E-state index < -0.39 is 0 Å². The summed E-state index contributed by atoms with van der Waals surface area (Å²) in [5.41, 5.74) is 0.347. The number of nitrogens with zero attached hydrogens (tertiary/aromatic N) is 3. The SMILES string of the molecule is Cc1nnc(NCC2(N(C)C)CCC2)s1. The molecule has 0 radical (unpaired) electrons.